The third kappa shape index (κ3) is 3.28. The molecular weight excluding hydrogens is 367 g/mol. The molecule has 0 aromatic heterocycles. The van der Waals surface area contributed by atoms with Gasteiger partial charge in [0.1, 0.15) is 6.04 Å². The van der Waals surface area contributed by atoms with Gasteiger partial charge in [-0.3, -0.25) is 4.79 Å². The number of para-hydroxylation sites is 2. The quantitative estimate of drug-likeness (QED) is 0.630. The van der Waals surface area contributed by atoms with E-state index >= 15 is 0 Å². The lowest BCUT2D eigenvalue weighted by Crippen LogP contribution is -2.41. The number of hydrogen-bond acceptors (Lipinski definition) is 2. The maximum Gasteiger partial charge on any atom is 0.251 e. The van der Waals surface area contributed by atoms with Crippen molar-refractivity contribution in [2.75, 3.05) is 10.2 Å². The summed E-state index contributed by atoms with van der Waals surface area (Å²) in [5.74, 6) is -0.0556. The molecule has 3 nitrogen and oxygen atoms in total. The summed E-state index contributed by atoms with van der Waals surface area (Å²) in [6.07, 6.45) is 0. The number of carbonyl (C=O) groups excluding carboxylic acids is 1. The molecule has 1 amide bonds. The van der Waals surface area contributed by atoms with Crippen LogP contribution in [0.25, 0.3) is 0 Å². The van der Waals surface area contributed by atoms with Crippen molar-refractivity contribution < 1.29 is 4.79 Å². The fraction of sp³-hybridized carbons (Fsp3) is 0.0952. The highest BCUT2D eigenvalue weighted by molar-refractivity contribution is 6.30. The Morgan fingerprint density at radius 2 is 1.46 bits per heavy atom. The van der Waals surface area contributed by atoms with Crippen molar-refractivity contribution in [3.8, 4) is 0 Å². The van der Waals surface area contributed by atoms with Gasteiger partial charge < -0.3 is 10.2 Å². The van der Waals surface area contributed by atoms with Gasteiger partial charge in [0.2, 0.25) is 0 Å². The molecule has 0 bridgehead atoms. The van der Waals surface area contributed by atoms with Crippen LogP contribution in [-0.4, -0.2) is 5.91 Å². The molecule has 1 N–H and O–H groups in total. The zero-order valence-corrected chi connectivity index (χ0v) is 15.3. The van der Waals surface area contributed by atoms with Gasteiger partial charge >= 0.3 is 0 Å². The topological polar surface area (TPSA) is 32.3 Å². The van der Waals surface area contributed by atoms with E-state index in [9.17, 15) is 4.79 Å². The van der Waals surface area contributed by atoms with Crippen molar-refractivity contribution in [2.45, 2.75) is 12.6 Å². The van der Waals surface area contributed by atoms with Crippen LogP contribution < -0.4 is 10.2 Å². The first-order valence-electron chi connectivity index (χ1n) is 8.28. The van der Waals surface area contributed by atoms with E-state index in [1.165, 1.54) is 0 Å². The summed E-state index contributed by atoms with van der Waals surface area (Å²) in [6.45, 7) is 0.592. The zero-order valence-electron chi connectivity index (χ0n) is 13.8. The van der Waals surface area contributed by atoms with Gasteiger partial charge in [0.25, 0.3) is 5.91 Å². The molecule has 0 fully saturated rings. The van der Waals surface area contributed by atoms with Crippen LogP contribution in [0.1, 0.15) is 17.2 Å². The van der Waals surface area contributed by atoms with Crippen LogP contribution in [0.15, 0.2) is 72.8 Å². The van der Waals surface area contributed by atoms with Gasteiger partial charge in [0.15, 0.2) is 0 Å². The Morgan fingerprint density at radius 3 is 2.15 bits per heavy atom. The lowest BCUT2D eigenvalue weighted by molar-refractivity contribution is -0.117. The SMILES string of the molecule is O=C1Nc2ccccc2N(Cc2ccc(Cl)cc2)C1c1ccc(Cl)cc1. The van der Waals surface area contributed by atoms with E-state index in [1.807, 2.05) is 72.8 Å². The van der Waals surface area contributed by atoms with Crippen molar-refractivity contribution in [1.82, 2.24) is 0 Å². The van der Waals surface area contributed by atoms with Crippen LogP contribution >= 0.6 is 23.2 Å². The molecule has 3 aromatic carbocycles. The predicted octanol–water partition coefficient (Wildman–Crippen LogP) is 5.69. The van der Waals surface area contributed by atoms with E-state index in [1.54, 1.807) is 0 Å². The average molecular weight is 383 g/mol. The Labute approximate surface area is 162 Å². The van der Waals surface area contributed by atoms with Gasteiger partial charge in [-0.05, 0) is 47.5 Å². The number of halogens is 2. The van der Waals surface area contributed by atoms with Crippen LogP contribution in [0, 0.1) is 0 Å². The first-order chi connectivity index (χ1) is 12.6. The van der Waals surface area contributed by atoms with Crippen LogP contribution in [-0.2, 0) is 11.3 Å². The molecule has 1 aliphatic heterocycles. The number of carbonyl (C=O) groups is 1. The highest BCUT2D eigenvalue weighted by Gasteiger charge is 2.34. The number of anilines is 2. The molecule has 1 aliphatic rings. The molecule has 26 heavy (non-hydrogen) atoms. The number of benzene rings is 3. The van der Waals surface area contributed by atoms with Gasteiger partial charge in [-0.2, -0.15) is 0 Å². The van der Waals surface area contributed by atoms with Gasteiger partial charge in [-0.25, -0.2) is 0 Å². The third-order valence-corrected chi connectivity index (χ3v) is 4.99. The monoisotopic (exact) mass is 382 g/mol. The third-order valence-electron chi connectivity index (χ3n) is 4.48. The van der Waals surface area contributed by atoms with E-state index < -0.39 is 6.04 Å². The summed E-state index contributed by atoms with van der Waals surface area (Å²) in [4.78, 5) is 15.0. The minimum absolute atomic E-state index is 0.0556. The Hall–Kier alpha value is -2.49. The second-order valence-electron chi connectivity index (χ2n) is 6.21. The molecular formula is C21H16Cl2N2O. The van der Waals surface area contributed by atoms with E-state index in [-0.39, 0.29) is 5.91 Å². The maximum atomic E-state index is 12.9. The van der Waals surface area contributed by atoms with E-state index in [0.717, 1.165) is 22.5 Å². The van der Waals surface area contributed by atoms with Crippen molar-refractivity contribution in [3.05, 3.63) is 94.0 Å². The molecule has 0 spiro atoms. The van der Waals surface area contributed by atoms with Crippen molar-refractivity contribution in [1.29, 1.82) is 0 Å². The molecule has 4 rings (SSSR count). The number of nitrogens with one attached hydrogen (secondary N) is 1. The number of rotatable bonds is 3. The predicted molar refractivity (Wildman–Crippen MR) is 107 cm³/mol. The fourth-order valence-electron chi connectivity index (χ4n) is 3.25. The Kier molecular flexibility index (Phi) is 4.58. The lowest BCUT2D eigenvalue weighted by atomic mass is 9.99. The number of amides is 1. The molecule has 0 saturated carbocycles. The molecule has 5 heteroatoms. The minimum Gasteiger partial charge on any atom is -0.350 e. The van der Waals surface area contributed by atoms with Crippen LogP contribution in [0.2, 0.25) is 10.0 Å². The highest BCUT2D eigenvalue weighted by Crippen LogP contribution is 2.39. The Balaban J connectivity index is 1.78. The smallest absolute Gasteiger partial charge is 0.251 e. The number of fused-ring (bicyclic) bond motifs is 1. The van der Waals surface area contributed by atoms with E-state index in [2.05, 4.69) is 10.2 Å². The minimum atomic E-state index is -0.433. The number of hydrogen-bond donors (Lipinski definition) is 1. The summed E-state index contributed by atoms with van der Waals surface area (Å²) >= 11 is 12.0. The molecule has 3 aromatic rings. The Morgan fingerprint density at radius 1 is 0.846 bits per heavy atom. The van der Waals surface area contributed by atoms with Crippen molar-refractivity contribution in [3.63, 3.8) is 0 Å². The molecule has 1 heterocycles. The van der Waals surface area contributed by atoms with E-state index in [4.69, 9.17) is 23.2 Å². The van der Waals surface area contributed by atoms with Crippen LogP contribution in [0.4, 0.5) is 11.4 Å². The standard InChI is InChI=1S/C21H16Cl2N2O/c22-16-9-5-14(6-10-16)13-25-19-4-2-1-3-18(19)24-21(26)20(25)15-7-11-17(23)12-8-15/h1-12,20H,13H2,(H,24,26). The molecule has 1 atom stereocenters. The summed E-state index contributed by atoms with van der Waals surface area (Å²) in [5.41, 5.74) is 3.78. The average Bonchev–Trinajstić information content (AvgIpc) is 2.65. The summed E-state index contributed by atoms with van der Waals surface area (Å²) in [7, 11) is 0. The molecule has 0 aliphatic carbocycles. The van der Waals surface area contributed by atoms with Crippen molar-refractivity contribution in [2.24, 2.45) is 0 Å². The maximum absolute atomic E-state index is 12.9. The van der Waals surface area contributed by atoms with Crippen LogP contribution in [0.3, 0.4) is 0 Å². The van der Waals surface area contributed by atoms with Crippen molar-refractivity contribution >= 4 is 40.5 Å². The highest BCUT2D eigenvalue weighted by atomic mass is 35.5. The van der Waals surface area contributed by atoms with Gasteiger partial charge in [0, 0.05) is 16.6 Å². The molecule has 1 unspecified atom stereocenters. The normalized spacial score (nSPS) is 16.2. The Bertz CT molecular complexity index is 939. The van der Waals surface area contributed by atoms with Gasteiger partial charge in [-0.15, -0.1) is 0 Å². The second-order valence-corrected chi connectivity index (χ2v) is 7.09. The summed E-state index contributed by atoms with van der Waals surface area (Å²) in [6, 6.07) is 22.5. The summed E-state index contributed by atoms with van der Waals surface area (Å²) in [5, 5.41) is 4.36. The first kappa shape index (κ1) is 17.0. The second kappa shape index (κ2) is 7.02. The lowest BCUT2D eigenvalue weighted by Gasteiger charge is -2.38. The van der Waals surface area contributed by atoms with Crippen LogP contribution in [0.5, 0.6) is 0 Å². The number of nitrogens with zero attached hydrogens (tertiary/aromatic N) is 1. The first-order valence-corrected chi connectivity index (χ1v) is 9.04. The largest absolute Gasteiger partial charge is 0.350 e. The van der Waals surface area contributed by atoms with E-state index in [0.29, 0.717) is 16.6 Å². The molecule has 0 saturated heterocycles. The van der Waals surface area contributed by atoms with Gasteiger partial charge in [0.05, 0.1) is 11.4 Å². The zero-order chi connectivity index (χ0) is 18.1. The summed E-state index contributed by atoms with van der Waals surface area (Å²) < 4.78 is 0. The molecule has 130 valence electrons. The van der Waals surface area contributed by atoms with Gasteiger partial charge in [-0.1, -0.05) is 59.6 Å². The molecule has 0 radical (unpaired) electrons. The fourth-order valence-corrected chi connectivity index (χ4v) is 3.50.